The van der Waals surface area contributed by atoms with Crippen LogP contribution < -0.4 is 10.1 Å². The minimum Gasteiger partial charge on any atom is -0.497 e. The van der Waals surface area contributed by atoms with E-state index in [9.17, 15) is 9.59 Å². The number of anilines is 1. The molecule has 1 aliphatic heterocycles. The molecule has 1 heterocycles. The maximum Gasteiger partial charge on any atom is 0.337 e. The number of methoxy groups -OCH3 is 2. The number of ether oxygens (including phenoxy) is 2. The lowest BCUT2D eigenvalue weighted by atomic mass is 10.1. The quantitative estimate of drug-likeness (QED) is 0.562. The number of aliphatic hydroxyl groups is 2. The van der Waals surface area contributed by atoms with E-state index in [4.69, 9.17) is 19.7 Å². The zero-order valence-electron chi connectivity index (χ0n) is 14.2. The minimum absolute atomic E-state index is 0.0219. The highest BCUT2D eigenvalue weighted by atomic mass is 16.5. The summed E-state index contributed by atoms with van der Waals surface area (Å²) in [5.74, 6) is -0.429. The summed E-state index contributed by atoms with van der Waals surface area (Å²) in [6, 6.07) is 5.24. The summed E-state index contributed by atoms with van der Waals surface area (Å²) in [5.41, 5.74) is 1.69. The first-order valence-corrected chi connectivity index (χ1v) is 7.81. The molecule has 3 N–H and O–H groups in total. The van der Waals surface area contributed by atoms with Gasteiger partial charge >= 0.3 is 5.97 Å². The van der Waals surface area contributed by atoms with Crippen molar-refractivity contribution in [2.75, 3.05) is 45.8 Å². The van der Waals surface area contributed by atoms with Crippen molar-refractivity contribution in [1.29, 1.82) is 0 Å². The number of carbonyl (C=O) groups is 2. The molecular formula is C17H22N2O6. The van der Waals surface area contributed by atoms with Crippen LogP contribution in [0.25, 0.3) is 0 Å². The number of esters is 1. The van der Waals surface area contributed by atoms with Gasteiger partial charge in [-0.15, -0.1) is 0 Å². The van der Waals surface area contributed by atoms with Gasteiger partial charge in [-0.3, -0.25) is 4.79 Å². The second kappa shape index (κ2) is 8.50. The van der Waals surface area contributed by atoms with E-state index in [2.05, 4.69) is 5.32 Å². The number of benzene rings is 1. The third-order valence-corrected chi connectivity index (χ3v) is 3.83. The molecule has 1 aromatic carbocycles. The van der Waals surface area contributed by atoms with Crippen LogP contribution in [0.2, 0.25) is 0 Å². The Balaban J connectivity index is 2.35. The number of hydrogen-bond donors (Lipinski definition) is 3. The van der Waals surface area contributed by atoms with E-state index in [1.54, 1.807) is 18.2 Å². The van der Waals surface area contributed by atoms with E-state index in [1.807, 2.05) is 0 Å². The van der Waals surface area contributed by atoms with Gasteiger partial charge in [0.05, 0.1) is 32.9 Å². The highest BCUT2D eigenvalue weighted by molar-refractivity contribution is 6.08. The third kappa shape index (κ3) is 4.28. The Labute approximate surface area is 145 Å². The van der Waals surface area contributed by atoms with Crippen molar-refractivity contribution >= 4 is 17.6 Å². The van der Waals surface area contributed by atoms with Gasteiger partial charge in [0.2, 0.25) is 0 Å². The number of carbonyl (C=O) groups excluding carboxylic acids is 2. The molecule has 0 fully saturated rings. The first-order chi connectivity index (χ1) is 12.0. The van der Waals surface area contributed by atoms with Gasteiger partial charge in [0.25, 0.3) is 5.91 Å². The molecule has 8 nitrogen and oxygen atoms in total. The van der Waals surface area contributed by atoms with Crippen LogP contribution >= 0.6 is 0 Å². The zero-order chi connectivity index (χ0) is 18.4. The van der Waals surface area contributed by atoms with Crippen LogP contribution in [-0.2, 0) is 20.7 Å². The smallest absolute Gasteiger partial charge is 0.337 e. The van der Waals surface area contributed by atoms with Gasteiger partial charge in [0.1, 0.15) is 11.4 Å². The van der Waals surface area contributed by atoms with Gasteiger partial charge < -0.3 is 29.9 Å². The Kier molecular flexibility index (Phi) is 6.37. The first-order valence-electron chi connectivity index (χ1n) is 7.81. The molecular weight excluding hydrogens is 328 g/mol. The molecule has 0 aromatic heterocycles. The highest BCUT2D eigenvalue weighted by Gasteiger charge is 2.34. The van der Waals surface area contributed by atoms with Crippen molar-refractivity contribution in [1.82, 2.24) is 4.90 Å². The lowest BCUT2D eigenvalue weighted by Gasteiger charge is -2.15. The Morgan fingerprint density at radius 3 is 2.60 bits per heavy atom. The van der Waals surface area contributed by atoms with E-state index in [-0.39, 0.29) is 43.5 Å². The Morgan fingerprint density at radius 1 is 1.24 bits per heavy atom. The van der Waals surface area contributed by atoms with E-state index < -0.39 is 5.97 Å². The van der Waals surface area contributed by atoms with Crippen LogP contribution in [0.1, 0.15) is 5.56 Å². The van der Waals surface area contributed by atoms with E-state index in [0.717, 1.165) is 5.56 Å². The molecule has 0 aliphatic carbocycles. The van der Waals surface area contributed by atoms with Crippen molar-refractivity contribution in [3.63, 3.8) is 0 Å². The van der Waals surface area contributed by atoms with Gasteiger partial charge in [-0.2, -0.15) is 0 Å². The van der Waals surface area contributed by atoms with Crippen LogP contribution in [0.3, 0.4) is 0 Å². The molecule has 136 valence electrons. The molecule has 0 unspecified atom stereocenters. The summed E-state index contributed by atoms with van der Waals surface area (Å²) < 4.78 is 9.98. The van der Waals surface area contributed by atoms with Crippen LogP contribution in [0.4, 0.5) is 5.69 Å². The SMILES string of the molecule is COC(=O)C1=C(Nc2cc(CCO)cc(OC)c2)C(=O)N(CCO)C1. The van der Waals surface area contributed by atoms with E-state index in [0.29, 0.717) is 17.9 Å². The number of nitrogens with one attached hydrogen (secondary N) is 1. The number of rotatable bonds is 8. The molecule has 25 heavy (non-hydrogen) atoms. The number of hydrogen-bond acceptors (Lipinski definition) is 7. The van der Waals surface area contributed by atoms with Gasteiger partial charge in [-0.05, 0) is 24.1 Å². The van der Waals surface area contributed by atoms with Gasteiger partial charge in [-0.1, -0.05) is 0 Å². The summed E-state index contributed by atoms with van der Waals surface area (Å²) in [5, 5.41) is 21.2. The van der Waals surface area contributed by atoms with Crippen molar-refractivity contribution < 1.29 is 29.3 Å². The van der Waals surface area contributed by atoms with Crippen molar-refractivity contribution in [3.05, 3.63) is 35.0 Å². The van der Waals surface area contributed by atoms with Crippen molar-refractivity contribution in [3.8, 4) is 5.75 Å². The molecule has 1 aromatic rings. The second-order valence-corrected chi connectivity index (χ2v) is 5.46. The monoisotopic (exact) mass is 350 g/mol. The third-order valence-electron chi connectivity index (χ3n) is 3.83. The number of β-amino-alcohol motifs (C(OH)–C–C–N with tert-alkyl or cyclic N) is 1. The molecule has 0 saturated heterocycles. The van der Waals surface area contributed by atoms with Crippen LogP contribution in [0.15, 0.2) is 29.5 Å². The Morgan fingerprint density at radius 2 is 2.00 bits per heavy atom. The Hall–Kier alpha value is -2.58. The highest BCUT2D eigenvalue weighted by Crippen LogP contribution is 2.26. The van der Waals surface area contributed by atoms with Crippen molar-refractivity contribution in [2.24, 2.45) is 0 Å². The molecule has 0 saturated carbocycles. The molecule has 0 spiro atoms. The fraction of sp³-hybridized carbons (Fsp3) is 0.412. The number of aliphatic hydroxyl groups excluding tert-OH is 2. The maximum atomic E-state index is 12.5. The molecule has 8 heteroatoms. The average molecular weight is 350 g/mol. The first kappa shape index (κ1) is 18.8. The van der Waals surface area contributed by atoms with Crippen LogP contribution in [0, 0.1) is 0 Å². The molecule has 0 atom stereocenters. The Bertz CT molecular complexity index is 686. The predicted molar refractivity (Wildman–Crippen MR) is 90.1 cm³/mol. The van der Waals surface area contributed by atoms with Crippen molar-refractivity contribution in [2.45, 2.75) is 6.42 Å². The molecule has 1 aliphatic rings. The summed E-state index contributed by atoms with van der Waals surface area (Å²) in [7, 11) is 2.77. The van der Waals surface area contributed by atoms with Crippen LogP contribution in [0.5, 0.6) is 5.75 Å². The van der Waals surface area contributed by atoms with Gasteiger partial charge in [-0.25, -0.2) is 4.79 Å². The molecule has 1 amide bonds. The van der Waals surface area contributed by atoms with Gasteiger partial charge in [0.15, 0.2) is 0 Å². The normalized spacial score (nSPS) is 14.1. The topological polar surface area (TPSA) is 108 Å². The molecule has 0 bridgehead atoms. The van der Waals surface area contributed by atoms with Crippen LogP contribution in [-0.4, -0.2) is 67.5 Å². The summed E-state index contributed by atoms with van der Waals surface area (Å²) >= 11 is 0. The van der Waals surface area contributed by atoms with Gasteiger partial charge in [0, 0.05) is 24.9 Å². The van der Waals surface area contributed by atoms with E-state index >= 15 is 0 Å². The fourth-order valence-corrected chi connectivity index (χ4v) is 2.62. The fourth-order valence-electron chi connectivity index (χ4n) is 2.62. The van der Waals surface area contributed by atoms with E-state index in [1.165, 1.54) is 19.1 Å². The lowest BCUT2D eigenvalue weighted by molar-refractivity contribution is -0.136. The number of amides is 1. The average Bonchev–Trinajstić information content (AvgIpc) is 2.91. The summed E-state index contributed by atoms with van der Waals surface area (Å²) in [4.78, 5) is 25.9. The second-order valence-electron chi connectivity index (χ2n) is 5.46. The number of nitrogens with zero attached hydrogens (tertiary/aromatic N) is 1. The predicted octanol–water partition coefficient (Wildman–Crippen LogP) is -0.0965. The summed E-state index contributed by atoms with van der Waals surface area (Å²) in [6.07, 6.45) is 0.430. The summed E-state index contributed by atoms with van der Waals surface area (Å²) in [6.45, 7) is -0.0283. The minimum atomic E-state index is -0.602. The standard InChI is InChI=1S/C17H22N2O6/c1-24-13-8-11(3-5-20)7-12(9-13)18-15-14(17(23)25-2)10-19(4-6-21)16(15)22/h7-9,18,20-21H,3-6,10H2,1-2H3. The molecule has 0 radical (unpaired) electrons. The molecule has 2 rings (SSSR count). The maximum absolute atomic E-state index is 12.5. The zero-order valence-corrected chi connectivity index (χ0v) is 14.2. The lowest BCUT2D eigenvalue weighted by Crippen LogP contribution is -2.31. The largest absolute Gasteiger partial charge is 0.497 e.